The molecule has 0 aromatic heterocycles. The Kier molecular flexibility index (Phi) is 6.77. The zero-order valence-corrected chi connectivity index (χ0v) is 17.3. The van der Waals surface area contributed by atoms with E-state index in [9.17, 15) is 31.5 Å². The van der Waals surface area contributed by atoms with E-state index in [0.29, 0.717) is 26.1 Å². The van der Waals surface area contributed by atoms with Crippen LogP contribution in [0.15, 0.2) is 30.3 Å². The van der Waals surface area contributed by atoms with Gasteiger partial charge in [0.15, 0.2) is 6.10 Å². The second-order valence-corrected chi connectivity index (χ2v) is 7.36. The number of halogens is 6. The number of carbonyl (C=O) groups is 2. The highest BCUT2D eigenvalue weighted by Gasteiger charge is 2.39. The minimum absolute atomic E-state index is 0.177. The molecule has 6 nitrogen and oxygen atoms in total. The van der Waals surface area contributed by atoms with Gasteiger partial charge in [0.25, 0.3) is 5.91 Å². The smallest absolute Gasteiger partial charge is 0.425 e. The van der Waals surface area contributed by atoms with Crippen molar-refractivity contribution in [3.8, 4) is 5.75 Å². The average molecular weight is 478 g/mol. The molecule has 1 fully saturated rings. The van der Waals surface area contributed by atoms with Crippen molar-refractivity contribution in [2.75, 3.05) is 23.7 Å². The van der Waals surface area contributed by atoms with Crippen LogP contribution >= 0.6 is 11.6 Å². The number of alkyl halides is 3. The molecule has 3 rings (SSSR count). The molecular weight excluding hydrogens is 461 g/mol. The van der Waals surface area contributed by atoms with Crippen LogP contribution in [0, 0.1) is 11.6 Å². The maximum atomic E-state index is 14.6. The maximum absolute atomic E-state index is 14.6. The number of nitrogens with zero attached hydrogens (tertiary/aromatic N) is 1. The second-order valence-electron chi connectivity index (χ2n) is 6.95. The summed E-state index contributed by atoms with van der Waals surface area (Å²) in [7, 11) is 0. The van der Waals surface area contributed by atoms with Gasteiger partial charge in [-0.05, 0) is 31.5 Å². The van der Waals surface area contributed by atoms with Crippen LogP contribution < -0.4 is 15.4 Å². The van der Waals surface area contributed by atoms with E-state index in [2.05, 4.69) is 10.6 Å². The van der Waals surface area contributed by atoms with Crippen molar-refractivity contribution in [1.29, 1.82) is 0 Å². The van der Waals surface area contributed by atoms with Crippen molar-refractivity contribution < 1.29 is 36.3 Å². The van der Waals surface area contributed by atoms with Gasteiger partial charge in [-0.1, -0.05) is 17.7 Å². The topological polar surface area (TPSA) is 70.7 Å². The number of urea groups is 1. The van der Waals surface area contributed by atoms with Crippen LogP contribution in [-0.2, 0) is 0 Å². The SMILES string of the molecule is C[C@H](Oc1cc(NC(=O)N2CCC2)c(F)cc1C(=O)Nc1c(F)cccc1Cl)C(F)(F)F. The van der Waals surface area contributed by atoms with Gasteiger partial charge in [-0.2, -0.15) is 13.2 Å². The Labute approximate surface area is 184 Å². The number of ether oxygens (including phenoxy) is 1. The van der Waals surface area contributed by atoms with Gasteiger partial charge < -0.3 is 20.3 Å². The molecule has 1 heterocycles. The van der Waals surface area contributed by atoms with Crippen LogP contribution in [0.2, 0.25) is 5.02 Å². The van der Waals surface area contributed by atoms with Gasteiger partial charge in [0.2, 0.25) is 0 Å². The molecular formula is C20H17ClF5N3O3. The van der Waals surface area contributed by atoms with Gasteiger partial charge in [-0.15, -0.1) is 0 Å². The number of rotatable bonds is 5. The van der Waals surface area contributed by atoms with Crippen molar-refractivity contribution in [2.24, 2.45) is 0 Å². The monoisotopic (exact) mass is 477 g/mol. The summed E-state index contributed by atoms with van der Waals surface area (Å²) in [5.74, 6) is -3.84. The Bertz CT molecular complexity index is 1020. The highest BCUT2D eigenvalue weighted by Crippen LogP contribution is 2.33. The largest absolute Gasteiger partial charge is 0.480 e. The average Bonchev–Trinajstić information content (AvgIpc) is 2.64. The van der Waals surface area contributed by atoms with Crippen LogP contribution in [0.25, 0.3) is 0 Å². The molecule has 2 aromatic carbocycles. The lowest BCUT2D eigenvalue weighted by molar-refractivity contribution is -0.189. The van der Waals surface area contributed by atoms with E-state index in [1.54, 1.807) is 0 Å². The zero-order chi connectivity index (χ0) is 23.6. The van der Waals surface area contributed by atoms with Crippen molar-refractivity contribution in [2.45, 2.75) is 25.6 Å². The van der Waals surface area contributed by atoms with E-state index >= 15 is 0 Å². The fraction of sp³-hybridized carbons (Fsp3) is 0.300. The molecule has 0 unspecified atom stereocenters. The highest BCUT2D eigenvalue weighted by atomic mass is 35.5. The number of hydrogen-bond acceptors (Lipinski definition) is 3. The Morgan fingerprint density at radius 1 is 1.12 bits per heavy atom. The number of benzene rings is 2. The zero-order valence-electron chi connectivity index (χ0n) is 16.5. The Balaban J connectivity index is 1.96. The normalized spacial score (nSPS) is 14.4. The Morgan fingerprint density at radius 2 is 1.81 bits per heavy atom. The van der Waals surface area contributed by atoms with E-state index in [4.69, 9.17) is 16.3 Å². The fourth-order valence-electron chi connectivity index (χ4n) is 2.69. The molecule has 32 heavy (non-hydrogen) atoms. The van der Waals surface area contributed by atoms with Crippen LogP contribution in [-0.4, -0.2) is 42.2 Å². The third kappa shape index (κ3) is 5.21. The van der Waals surface area contributed by atoms with Gasteiger partial charge in [0.1, 0.15) is 17.4 Å². The summed E-state index contributed by atoms with van der Waals surface area (Å²) < 4.78 is 72.5. The molecule has 3 amide bonds. The van der Waals surface area contributed by atoms with Crippen molar-refractivity contribution in [1.82, 2.24) is 4.90 Å². The lowest BCUT2D eigenvalue weighted by atomic mass is 10.1. The number of nitrogens with one attached hydrogen (secondary N) is 2. The predicted octanol–water partition coefficient (Wildman–Crippen LogP) is 5.44. The van der Waals surface area contributed by atoms with Crippen molar-refractivity contribution in [3.63, 3.8) is 0 Å². The molecule has 1 saturated heterocycles. The second kappa shape index (κ2) is 9.19. The summed E-state index contributed by atoms with van der Waals surface area (Å²) in [4.78, 5) is 26.1. The Hall–Kier alpha value is -3.08. The minimum Gasteiger partial charge on any atom is -0.480 e. The third-order valence-electron chi connectivity index (χ3n) is 4.66. The molecule has 1 aliphatic rings. The van der Waals surface area contributed by atoms with E-state index in [1.807, 2.05) is 0 Å². The van der Waals surface area contributed by atoms with Crippen LogP contribution in [0.4, 0.5) is 38.1 Å². The highest BCUT2D eigenvalue weighted by molar-refractivity contribution is 6.34. The molecule has 1 atom stereocenters. The van der Waals surface area contributed by atoms with Gasteiger partial charge in [-0.25, -0.2) is 13.6 Å². The number of amides is 3. The summed E-state index contributed by atoms with van der Waals surface area (Å²) in [6, 6.07) is 4.27. The minimum atomic E-state index is -4.79. The molecule has 0 saturated carbocycles. The molecule has 2 aromatic rings. The molecule has 2 N–H and O–H groups in total. The molecule has 1 aliphatic heterocycles. The first kappa shape index (κ1) is 23.6. The van der Waals surface area contributed by atoms with Crippen molar-refractivity contribution in [3.05, 3.63) is 52.6 Å². The number of likely N-dealkylation sites (tertiary alicyclic amines) is 1. The molecule has 0 radical (unpaired) electrons. The first-order chi connectivity index (χ1) is 15.0. The summed E-state index contributed by atoms with van der Waals surface area (Å²) in [6.45, 7) is 1.59. The van der Waals surface area contributed by atoms with Crippen LogP contribution in [0.1, 0.15) is 23.7 Å². The Morgan fingerprint density at radius 3 is 2.38 bits per heavy atom. The summed E-state index contributed by atoms with van der Waals surface area (Å²) >= 11 is 5.85. The van der Waals surface area contributed by atoms with Crippen molar-refractivity contribution >= 4 is 34.9 Å². The van der Waals surface area contributed by atoms with E-state index in [-0.39, 0.29) is 5.02 Å². The van der Waals surface area contributed by atoms with Gasteiger partial charge >= 0.3 is 12.2 Å². The van der Waals surface area contributed by atoms with E-state index in [0.717, 1.165) is 18.6 Å². The van der Waals surface area contributed by atoms with Crippen LogP contribution in [0.5, 0.6) is 5.75 Å². The van der Waals surface area contributed by atoms with Gasteiger partial charge in [0.05, 0.1) is 22.0 Å². The summed E-state index contributed by atoms with van der Waals surface area (Å²) in [6.07, 6.45) is -6.39. The number of anilines is 2. The number of carbonyl (C=O) groups excluding carboxylic acids is 2. The predicted molar refractivity (Wildman–Crippen MR) is 107 cm³/mol. The van der Waals surface area contributed by atoms with E-state index < -0.39 is 58.5 Å². The lowest BCUT2D eigenvalue weighted by Crippen LogP contribution is -2.44. The number of para-hydroxylation sites is 1. The summed E-state index contributed by atoms with van der Waals surface area (Å²) in [5, 5.41) is 4.16. The molecule has 12 heteroatoms. The number of hydrogen-bond donors (Lipinski definition) is 2. The standard InChI is InChI=1S/C20H17ClF5N3O3/c1-10(20(24,25)26)32-16-9-15(27-19(31)29-6-3-7-29)14(23)8-11(16)18(30)28-17-12(21)4-2-5-13(17)22/h2,4-5,8-10H,3,6-7H2,1H3,(H,27,31)(H,28,30)/t10-/m0/s1. The third-order valence-corrected chi connectivity index (χ3v) is 4.98. The molecule has 0 spiro atoms. The van der Waals surface area contributed by atoms with Gasteiger partial charge in [-0.3, -0.25) is 4.79 Å². The molecule has 0 aliphatic carbocycles. The molecule has 0 bridgehead atoms. The van der Waals surface area contributed by atoms with Crippen LogP contribution in [0.3, 0.4) is 0 Å². The summed E-state index contributed by atoms with van der Waals surface area (Å²) in [5.41, 5.74) is -1.57. The first-order valence-corrected chi connectivity index (χ1v) is 9.73. The van der Waals surface area contributed by atoms with Gasteiger partial charge in [0, 0.05) is 19.2 Å². The van der Waals surface area contributed by atoms with E-state index in [1.165, 1.54) is 17.0 Å². The molecule has 172 valence electrons. The fourth-order valence-corrected chi connectivity index (χ4v) is 2.90. The maximum Gasteiger partial charge on any atom is 0.425 e. The lowest BCUT2D eigenvalue weighted by Gasteiger charge is -2.31. The quantitative estimate of drug-likeness (QED) is 0.564. The first-order valence-electron chi connectivity index (χ1n) is 9.35.